The highest BCUT2D eigenvalue weighted by Gasteiger charge is 2.49. The van der Waals surface area contributed by atoms with Gasteiger partial charge >= 0.3 is 18.2 Å². The highest BCUT2D eigenvalue weighted by molar-refractivity contribution is 5.82. The molecule has 156 valence electrons. The molecule has 0 aromatic rings. The van der Waals surface area contributed by atoms with Gasteiger partial charge in [-0.2, -0.15) is 13.2 Å². The lowest BCUT2D eigenvalue weighted by molar-refractivity contribution is -0.191. The van der Waals surface area contributed by atoms with Crippen molar-refractivity contribution in [2.24, 2.45) is 5.41 Å². The van der Waals surface area contributed by atoms with E-state index < -0.39 is 35.9 Å². The van der Waals surface area contributed by atoms with Gasteiger partial charge in [0, 0.05) is 19.1 Å². The van der Waals surface area contributed by atoms with Crippen LogP contribution in [0, 0.1) is 5.41 Å². The van der Waals surface area contributed by atoms with E-state index in [1.807, 2.05) is 0 Å². The van der Waals surface area contributed by atoms with Crippen LogP contribution in [0.25, 0.3) is 0 Å². The molecule has 0 unspecified atom stereocenters. The summed E-state index contributed by atoms with van der Waals surface area (Å²) >= 11 is 0. The topological polar surface area (TPSA) is 49.9 Å². The average Bonchev–Trinajstić information content (AvgIpc) is 2.96. The third-order valence-corrected chi connectivity index (χ3v) is 5.39. The molecule has 1 aliphatic carbocycles. The fraction of sp³-hybridized carbons (Fsp3) is 0.895. The third kappa shape index (κ3) is 5.75. The summed E-state index contributed by atoms with van der Waals surface area (Å²) in [5.41, 5.74) is -0.590. The van der Waals surface area contributed by atoms with E-state index in [-0.39, 0.29) is 12.0 Å². The van der Waals surface area contributed by atoms with Crippen molar-refractivity contribution in [3.05, 3.63) is 0 Å². The molecule has 2 aliphatic rings. The van der Waals surface area contributed by atoms with Crippen LogP contribution in [0.15, 0.2) is 0 Å². The van der Waals surface area contributed by atoms with Gasteiger partial charge in [0.25, 0.3) is 0 Å². The van der Waals surface area contributed by atoms with Crippen LogP contribution in [0.4, 0.5) is 18.0 Å². The van der Waals surface area contributed by atoms with Crippen molar-refractivity contribution in [2.45, 2.75) is 90.6 Å². The molecule has 0 aromatic heterocycles. The first-order chi connectivity index (χ1) is 12.2. The van der Waals surface area contributed by atoms with Crippen LogP contribution in [0.3, 0.4) is 0 Å². The SMILES string of the molecule is CC1(C)CCC(N(C(=O)C(F)(F)F)[C@H]2CCN(C(=O)OC(C)(C)C)C2)CC1. The Morgan fingerprint density at radius 3 is 2.07 bits per heavy atom. The van der Waals surface area contributed by atoms with Crippen LogP contribution in [0.5, 0.6) is 0 Å². The molecule has 2 rings (SSSR count). The highest BCUT2D eigenvalue weighted by atomic mass is 19.4. The van der Waals surface area contributed by atoms with Crippen molar-refractivity contribution in [1.29, 1.82) is 0 Å². The Morgan fingerprint density at radius 1 is 1.04 bits per heavy atom. The summed E-state index contributed by atoms with van der Waals surface area (Å²) in [6, 6.07) is -1.06. The van der Waals surface area contributed by atoms with Crippen LogP contribution >= 0.6 is 0 Å². The summed E-state index contributed by atoms with van der Waals surface area (Å²) in [6.45, 7) is 9.78. The van der Waals surface area contributed by atoms with Gasteiger partial charge in [-0.3, -0.25) is 4.79 Å². The Labute approximate surface area is 159 Å². The second kappa shape index (κ2) is 7.51. The normalized spacial score (nSPS) is 24.0. The number of carbonyl (C=O) groups is 2. The summed E-state index contributed by atoms with van der Waals surface area (Å²) in [5, 5.41) is 0. The van der Waals surface area contributed by atoms with Gasteiger partial charge in [0.05, 0.1) is 6.04 Å². The van der Waals surface area contributed by atoms with Crippen LogP contribution in [-0.4, -0.2) is 58.8 Å². The number of hydrogen-bond donors (Lipinski definition) is 0. The van der Waals surface area contributed by atoms with Gasteiger partial charge in [-0.15, -0.1) is 0 Å². The molecule has 27 heavy (non-hydrogen) atoms. The van der Waals surface area contributed by atoms with E-state index in [1.54, 1.807) is 20.8 Å². The van der Waals surface area contributed by atoms with Crippen LogP contribution < -0.4 is 0 Å². The predicted molar refractivity (Wildman–Crippen MR) is 95.2 cm³/mol. The third-order valence-electron chi connectivity index (χ3n) is 5.39. The van der Waals surface area contributed by atoms with Crippen molar-refractivity contribution >= 4 is 12.0 Å². The molecule has 2 fully saturated rings. The van der Waals surface area contributed by atoms with E-state index in [9.17, 15) is 22.8 Å². The van der Waals surface area contributed by atoms with E-state index >= 15 is 0 Å². The number of carbonyl (C=O) groups excluding carboxylic acids is 2. The molecule has 0 bridgehead atoms. The lowest BCUT2D eigenvalue weighted by Gasteiger charge is -2.42. The summed E-state index contributed by atoms with van der Waals surface area (Å²) < 4.78 is 45.0. The lowest BCUT2D eigenvalue weighted by atomic mass is 9.75. The van der Waals surface area contributed by atoms with Crippen molar-refractivity contribution in [2.75, 3.05) is 13.1 Å². The first-order valence-electron chi connectivity index (χ1n) is 9.57. The number of hydrogen-bond acceptors (Lipinski definition) is 3. The van der Waals surface area contributed by atoms with Crippen LogP contribution in [0.1, 0.15) is 66.7 Å². The Balaban J connectivity index is 2.13. The van der Waals surface area contributed by atoms with Crippen molar-refractivity contribution in [1.82, 2.24) is 9.80 Å². The molecule has 0 aromatic carbocycles. The number of amides is 2. The summed E-state index contributed by atoms with van der Waals surface area (Å²) in [7, 11) is 0. The van der Waals surface area contributed by atoms with Gasteiger partial charge < -0.3 is 14.5 Å². The Kier molecular flexibility index (Phi) is 6.07. The molecule has 1 saturated heterocycles. The lowest BCUT2D eigenvalue weighted by Crippen LogP contribution is -2.54. The van der Waals surface area contributed by atoms with Gasteiger partial charge in [0.1, 0.15) is 5.60 Å². The van der Waals surface area contributed by atoms with Crippen molar-refractivity contribution < 1.29 is 27.5 Å². The zero-order valence-corrected chi connectivity index (χ0v) is 16.9. The zero-order chi connectivity index (χ0) is 20.6. The number of alkyl halides is 3. The molecule has 0 N–H and O–H groups in total. The molecular weight excluding hydrogens is 361 g/mol. The molecule has 1 saturated carbocycles. The second-order valence-corrected chi connectivity index (χ2v) is 9.47. The van der Waals surface area contributed by atoms with E-state index in [0.717, 1.165) is 17.7 Å². The van der Waals surface area contributed by atoms with Crippen molar-refractivity contribution in [3.63, 3.8) is 0 Å². The molecule has 0 spiro atoms. The molecular formula is C19H31F3N2O3. The minimum absolute atomic E-state index is 0.0800. The highest BCUT2D eigenvalue weighted by Crippen LogP contribution is 2.39. The van der Waals surface area contributed by atoms with E-state index in [4.69, 9.17) is 4.74 Å². The van der Waals surface area contributed by atoms with Gasteiger partial charge in [0.15, 0.2) is 0 Å². The standard InChI is InChI=1S/C19H31F3N2O3/c1-17(2,3)27-16(26)23-11-8-14(12-23)24(15(25)19(20,21)22)13-6-9-18(4,5)10-7-13/h13-14H,6-12H2,1-5H3/t14-/m0/s1. The van der Waals surface area contributed by atoms with E-state index in [2.05, 4.69) is 13.8 Å². The Hall–Kier alpha value is -1.47. The molecule has 8 heteroatoms. The minimum atomic E-state index is -4.91. The van der Waals surface area contributed by atoms with Gasteiger partial charge in [-0.05, 0) is 58.3 Å². The molecule has 5 nitrogen and oxygen atoms in total. The fourth-order valence-electron chi connectivity index (χ4n) is 3.90. The Bertz CT molecular complexity index is 560. The molecule has 1 aliphatic heterocycles. The number of ether oxygens (including phenoxy) is 1. The summed E-state index contributed by atoms with van der Waals surface area (Å²) in [6.07, 6.45) is -2.46. The maximum atomic E-state index is 13.2. The monoisotopic (exact) mass is 392 g/mol. The smallest absolute Gasteiger partial charge is 0.444 e. The van der Waals surface area contributed by atoms with Gasteiger partial charge in [-0.25, -0.2) is 4.79 Å². The minimum Gasteiger partial charge on any atom is -0.444 e. The first kappa shape index (κ1) is 21.8. The summed E-state index contributed by atoms with van der Waals surface area (Å²) in [4.78, 5) is 26.8. The molecule has 0 radical (unpaired) electrons. The maximum Gasteiger partial charge on any atom is 0.471 e. The molecule has 2 amide bonds. The summed E-state index contributed by atoms with van der Waals surface area (Å²) in [5.74, 6) is -1.79. The average molecular weight is 392 g/mol. The van der Waals surface area contributed by atoms with Crippen molar-refractivity contribution in [3.8, 4) is 0 Å². The van der Waals surface area contributed by atoms with E-state index in [0.29, 0.717) is 25.8 Å². The predicted octanol–water partition coefficient (Wildman–Crippen LogP) is 4.36. The number of nitrogens with zero attached hydrogens (tertiary/aromatic N) is 2. The Morgan fingerprint density at radius 2 is 1.59 bits per heavy atom. The number of rotatable bonds is 2. The fourth-order valence-corrected chi connectivity index (χ4v) is 3.90. The molecule has 1 atom stereocenters. The van der Waals surface area contributed by atoms with Crippen LogP contribution in [0.2, 0.25) is 0 Å². The van der Waals surface area contributed by atoms with Gasteiger partial charge in [0.2, 0.25) is 0 Å². The van der Waals surface area contributed by atoms with E-state index in [1.165, 1.54) is 4.90 Å². The van der Waals surface area contributed by atoms with Gasteiger partial charge in [-0.1, -0.05) is 13.8 Å². The second-order valence-electron chi connectivity index (χ2n) is 9.47. The number of halogens is 3. The zero-order valence-electron chi connectivity index (χ0n) is 16.9. The maximum absolute atomic E-state index is 13.2. The van der Waals surface area contributed by atoms with Crippen LogP contribution in [-0.2, 0) is 9.53 Å². The molecule has 1 heterocycles. The first-order valence-corrected chi connectivity index (χ1v) is 9.57. The number of likely N-dealkylation sites (tertiary alicyclic amines) is 1. The quantitative estimate of drug-likeness (QED) is 0.702. The largest absolute Gasteiger partial charge is 0.471 e.